The molecule has 0 atom stereocenters. The number of hydrogen-bond donors (Lipinski definition) is 0. The van der Waals surface area contributed by atoms with Crippen molar-refractivity contribution in [1.82, 2.24) is 0 Å². The number of carbonyl (C=O) groups is 3. The normalized spacial score (nSPS) is 17.7. The maximum Gasteiger partial charge on any atom is 0.335 e. The van der Waals surface area contributed by atoms with E-state index in [-0.39, 0.29) is 37.8 Å². The van der Waals surface area contributed by atoms with Gasteiger partial charge in [0.2, 0.25) is 6.79 Å². The van der Waals surface area contributed by atoms with E-state index in [1.807, 2.05) is 24.3 Å². The molecule has 0 amide bonds. The van der Waals surface area contributed by atoms with E-state index in [0.717, 1.165) is 12.8 Å². The van der Waals surface area contributed by atoms with Crippen molar-refractivity contribution < 1.29 is 38.1 Å². The summed E-state index contributed by atoms with van der Waals surface area (Å²) in [6.07, 6.45) is 3.16. The molecule has 1 aliphatic rings. The van der Waals surface area contributed by atoms with Crippen LogP contribution in [-0.2, 0) is 33.3 Å². The van der Waals surface area contributed by atoms with Crippen LogP contribution in [-0.4, -0.2) is 38.3 Å². The number of rotatable bonds is 11. The molecule has 174 valence electrons. The lowest BCUT2D eigenvalue weighted by atomic mass is 9.79. The number of ether oxygens (including phenoxy) is 5. The Balaban J connectivity index is 1.67. The van der Waals surface area contributed by atoms with Crippen LogP contribution in [0.4, 0.5) is 0 Å². The SMILES string of the molecule is C=C(C)C(=O)OCOCOc1ccc(C2CCC(C(=O)OCOC(=O)C(=C)C)CC2)cc1. The van der Waals surface area contributed by atoms with Gasteiger partial charge in [-0.25, -0.2) is 9.59 Å². The minimum Gasteiger partial charge on any atom is -0.467 e. The summed E-state index contributed by atoms with van der Waals surface area (Å²) in [7, 11) is 0. The first-order valence-electron chi connectivity index (χ1n) is 10.4. The van der Waals surface area contributed by atoms with Crippen molar-refractivity contribution in [1.29, 1.82) is 0 Å². The highest BCUT2D eigenvalue weighted by Gasteiger charge is 2.28. The van der Waals surface area contributed by atoms with E-state index < -0.39 is 11.9 Å². The van der Waals surface area contributed by atoms with Crippen LogP contribution in [0, 0.1) is 5.92 Å². The Bertz CT molecular complexity index is 819. The van der Waals surface area contributed by atoms with Gasteiger partial charge in [0.15, 0.2) is 13.6 Å². The summed E-state index contributed by atoms with van der Waals surface area (Å²) in [6.45, 7) is 9.41. The van der Waals surface area contributed by atoms with Crippen LogP contribution in [0.5, 0.6) is 5.75 Å². The highest BCUT2D eigenvalue weighted by molar-refractivity contribution is 5.87. The maximum atomic E-state index is 12.2. The number of carbonyl (C=O) groups excluding carboxylic acids is 3. The van der Waals surface area contributed by atoms with Crippen molar-refractivity contribution in [2.45, 2.75) is 45.4 Å². The molecule has 8 heteroatoms. The highest BCUT2D eigenvalue weighted by atomic mass is 16.7. The molecule has 8 nitrogen and oxygen atoms in total. The number of benzene rings is 1. The molecule has 0 aromatic heterocycles. The zero-order valence-corrected chi connectivity index (χ0v) is 18.6. The van der Waals surface area contributed by atoms with Crippen LogP contribution in [0.3, 0.4) is 0 Å². The lowest BCUT2D eigenvalue weighted by Crippen LogP contribution is -2.24. The fourth-order valence-corrected chi connectivity index (χ4v) is 3.24. The predicted molar refractivity (Wildman–Crippen MR) is 115 cm³/mol. The van der Waals surface area contributed by atoms with Crippen LogP contribution < -0.4 is 4.74 Å². The molecule has 2 rings (SSSR count). The Morgan fingerprint density at radius 2 is 1.38 bits per heavy atom. The van der Waals surface area contributed by atoms with E-state index in [4.69, 9.17) is 23.7 Å². The van der Waals surface area contributed by atoms with Crippen LogP contribution in [0.2, 0.25) is 0 Å². The molecule has 0 radical (unpaired) electrons. The first-order chi connectivity index (χ1) is 15.3. The second-order valence-electron chi connectivity index (χ2n) is 7.71. The third-order valence-electron chi connectivity index (χ3n) is 5.08. The van der Waals surface area contributed by atoms with Crippen LogP contribution >= 0.6 is 0 Å². The molecule has 0 bridgehead atoms. The smallest absolute Gasteiger partial charge is 0.335 e. The molecule has 1 aliphatic carbocycles. The quantitative estimate of drug-likeness (QED) is 0.218. The molecule has 0 N–H and O–H groups in total. The van der Waals surface area contributed by atoms with E-state index in [1.165, 1.54) is 12.5 Å². The molecular formula is C24H30O8. The molecule has 1 aromatic carbocycles. The summed E-state index contributed by atoms with van der Waals surface area (Å²) in [5.74, 6) is -0.617. The van der Waals surface area contributed by atoms with Gasteiger partial charge in [-0.15, -0.1) is 0 Å². The van der Waals surface area contributed by atoms with E-state index in [2.05, 4.69) is 13.2 Å². The van der Waals surface area contributed by atoms with Crippen LogP contribution in [0.15, 0.2) is 48.6 Å². The molecule has 32 heavy (non-hydrogen) atoms. The minimum absolute atomic E-state index is 0.0439. The fourth-order valence-electron chi connectivity index (χ4n) is 3.24. The Hall–Kier alpha value is -3.13. The second-order valence-corrected chi connectivity index (χ2v) is 7.71. The molecule has 0 unspecified atom stereocenters. The van der Waals surface area contributed by atoms with Crippen molar-refractivity contribution in [3.8, 4) is 5.75 Å². The molecular weight excluding hydrogens is 416 g/mol. The monoisotopic (exact) mass is 446 g/mol. The molecule has 0 spiro atoms. The van der Waals surface area contributed by atoms with E-state index in [9.17, 15) is 14.4 Å². The van der Waals surface area contributed by atoms with Crippen molar-refractivity contribution in [3.63, 3.8) is 0 Å². The molecule has 0 heterocycles. The average Bonchev–Trinajstić information content (AvgIpc) is 2.79. The first kappa shape index (κ1) is 25.1. The van der Waals surface area contributed by atoms with Crippen molar-refractivity contribution >= 4 is 17.9 Å². The summed E-state index contributed by atoms with van der Waals surface area (Å²) in [6, 6.07) is 7.71. The zero-order chi connectivity index (χ0) is 23.5. The number of esters is 3. The van der Waals surface area contributed by atoms with Gasteiger partial charge < -0.3 is 23.7 Å². The van der Waals surface area contributed by atoms with Gasteiger partial charge >= 0.3 is 17.9 Å². The summed E-state index contributed by atoms with van der Waals surface area (Å²) in [4.78, 5) is 34.7. The van der Waals surface area contributed by atoms with Gasteiger partial charge in [-0.2, -0.15) is 0 Å². The average molecular weight is 446 g/mol. The standard InChI is InChI=1S/C24H30O8/c1-16(2)22(25)30-14-28-13-29-21-11-9-19(10-12-21)18-5-7-20(8-6-18)24(27)32-15-31-23(26)17(3)4/h9-12,18,20H,1,3,5-8,13-15H2,2,4H3. The summed E-state index contributed by atoms with van der Waals surface area (Å²) in [5.41, 5.74) is 1.74. The van der Waals surface area contributed by atoms with Gasteiger partial charge in [0.05, 0.1) is 5.92 Å². The van der Waals surface area contributed by atoms with Gasteiger partial charge in [-0.1, -0.05) is 25.3 Å². The Kier molecular flexibility index (Phi) is 9.94. The second kappa shape index (κ2) is 12.7. The fraction of sp³-hybridized carbons (Fsp3) is 0.458. The van der Waals surface area contributed by atoms with Crippen LogP contribution in [0.25, 0.3) is 0 Å². The van der Waals surface area contributed by atoms with Gasteiger partial charge in [0, 0.05) is 11.1 Å². The maximum absolute atomic E-state index is 12.2. The minimum atomic E-state index is -0.577. The molecule has 0 aliphatic heterocycles. The number of hydrogen-bond acceptors (Lipinski definition) is 8. The van der Waals surface area contributed by atoms with Gasteiger partial charge in [-0.3, -0.25) is 4.79 Å². The highest BCUT2D eigenvalue weighted by Crippen LogP contribution is 2.36. The topological polar surface area (TPSA) is 97.4 Å². The summed E-state index contributed by atoms with van der Waals surface area (Å²) < 4.78 is 25.2. The largest absolute Gasteiger partial charge is 0.467 e. The lowest BCUT2D eigenvalue weighted by Gasteiger charge is -2.27. The Morgan fingerprint density at radius 3 is 1.94 bits per heavy atom. The predicted octanol–water partition coefficient (Wildman–Crippen LogP) is 4.01. The molecule has 1 aromatic rings. The van der Waals surface area contributed by atoms with Crippen LogP contribution in [0.1, 0.15) is 51.0 Å². The summed E-state index contributed by atoms with van der Waals surface area (Å²) in [5, 5.41) is 0. The molecule has 1 fully saturated rings. The first-order valence-corrected chi connectivity index (χ1v) is 10.4. The van der Waals surface area contributed by atoms with E-state index in [1.54, 1.807) is 6.92 Å². The van der Waals surface area contributed by atoms with Crippen molar-refractivity contribution in [3.05, 3.63) is 54.1 Å². The third-order valence-corrected chi connectivity index (χ3v) is 5.08. The molecule has 0 saturated heterocycles. The van der Waals surface area contributed by atoms with E-state index in [0.29, 0.717) is 30.1 Å². The zero-order valence-electron chi connectivity index (χ0n) is 18.6. The Labute approximate surface area is 188 Å². The summed E-state index contributed by atoms with van der Waals surface area (Å²) >= 11 is 0. The van der Waals surface area contributed by atoms with Gasteiger partial charge in [-0.05, 0) is 63.1 Å². The Morgan fingerprint density at radius 1 is 0.812 bits per heavy atom. The third kappa shape index (κ3) is 8.19. The van der Waals surface area contributed by atoms with E-state index >= 15 is 0 Å². The van der Waals surface area contributed by atoms with Gasteiger partial charge in [0.25, 0.3) is 0 Å². The van der Waals surface area contributed by atoms with Crippen molar-refractivity contribution in [2.24, 2.45) is 5.92 Å². The molecule has 1 saturated carbocycles. The van der Waals surface area contributed by atoms with Gasteiger partial charge in [0.1, 0.15) is 5.75 Å². The lowest BCUT2D eigenvalue weighted by molar-refractivity contribution is -0.168. The van der Waals surface area contributed by atoms with Crippen molar-refractivity contribution in [2.75, 3.05) is 20.4 Å².